The summed E-state index contributed by atoms with van der Waals surface area (Å²) in [5.74, 6) is 0.168. The lowest BCUT2D eigenvalue weighted by Gasteiger charge is -2.32. The summed E-state index contributed by atoms with van der Waals surface area (Å²) in [7, 11) is 3.15. The smallest absolute Gasteiger partial charge is 0.335 e. The number of carbonyl (C=O) groups is 1. The van der Waals surface area contributed by atoms with Crippen LogP contribution in [0.2, 0.25) is 0 Å². The molecule has 10 heteroatoms. The van der Waals surface area contributed by atoms with E-state index in [4.69, 9.17) is 23.9 Å². The monoisotopic (exact) mass is 575 g/mol. The van der Waals surface area contributed by atoms with Crippen molar-refractivity contribution in [3.63, 3.8) is 0 Å². The van der Waals surface area contributed by atoms with Gasteiger partial charge in [0.25, 0.3) is 5.79 Å². The average molecular weight is 576 g/mol. The van der Waals surface area contributed by atoms with Gasteiger partial charge in [0.2, 0.25) is 0 Å². The van der Waals surface area contributed by atoms with Crippen molar-refractivity contribution in [1.29, 1.82) is 0 Å². The first-order valence-electron chi connectivity index (χ1n) is 14.1. The van der Waals surface area contributed by atoms with Crippen molar-refractivity contribution in [1.82, 2.24) is 14.5 Å². The lowest BCUT2D eigenvalue weighted by Crippen LogP contribution is -2.34. The van der Waals surface area contributed by atoms with Crippen LogP contribution in [-0.2, 0) is 23.6 Å². The molecule has 0 amide bonds. The summed E-state index contributed by atoms with van der Waals surface area (Å²) in [6.45, 7) is 5.18. The Morgan fingerprint density at radius 1 is 1.12 bits per heavy atom. The number of carboxylic acid groups (broad SMARTS) is 1. The van der Waals surface area contributed by atoms with Crippen LogP contribution in [0.1, 0.15) is 53.0 Å². The van der Waals surface area contributed by atoms with Crippen molar-refractivity contribution in [3.05, 3.63) is 82.9 Å². The number of benzene rings is 3. The maximum atomic E-state index is 15.0. The summed E-state index contributed by atoms with van der Waals surface area (Å²) in [5.41, 5.74) is 3.19. The van der Waals surface area contributed by atoms with Gasteiger partial charge in [-0.3, -0.25) is 4.90 Å². The van der Waals surface area contributed by atoms with E-state index in [1.165, 1.54) is 13.2 Å². The number of imidazole rings is 1. The molecule has 1 N–H and O–H groups in total. The van der Waals surface area contributed by atoms with E-state index in [2.05, 4.69) is 15.5 Å². The lowest BCUT2D eigenvalue weighted by molar-refractivity contribution is -0.0712. The van der Waals surface area contributed by atoms with Gasteiger partial charge in [-0.2, -0.15) is 0 Å². The number of nitrogens with zero attached hydrogens (tertiary/aromatic N) is 3. The molecule has 6 rings (SSSR count). The second-order valence-electron chi connectivity index (χ2n) is 10.9. The zero-order chi connectivity index (χ0) is 29.4. The number of halogens is 1. The van der Waals surface area contributed by atoms with Gasteiger partial charge < -0.3 is 28.6 Å². The van der Waals surface area contributed by atoms with Gasteiger partial charge >= 0.3 is 5.97 Å². The van der Waals surface area contributed by atoms with E-state index in [0.29, 0.717) is 42.5 Å². The van der Waals surface area contributed by atoms with Gasteiger partial charge in [0, 0.05) is 32.2 Å². The Morgan fingerprint density at radius 3 is 2.64 bits per heavy atom. The number of fused-ring (bicyclic) bond motifs is 2. The molecular weight excluding hydrogens is 541 g/mol. The molecule has 1 unspecified atom stereocenters. The molecule has 2 aliphatic rings. The van der Waals surface area contributed by atoms with Gasteiger partial charge in [-0.05, 0) is 68.2 Å². The molecular formula is C32H34FN3O6. The van der Waals surface area contributed by atoms with Crippen LogP contribution in [-0.4, -0.2) is 59.4 Å². The highest BCUT2D eigenvalue weighted by Crippen LogP contribution is 2.50. The summed E-state index contributed by atoms with van der Waals surface area (Å²) in [5, 5.41) is 9.47. The Balaban J connectivity index is 1.18. The molecule has 0 spiro atoms. The lowest BCUT2D eigenvalue weighted by atomic mass is 9.88. The molecule has 3 aromatic carbocycles. The number of piperidine rings is 1. The second kappa shape index (κ2) is 11.3. The maximum absolute atomic E-state index is 15.0. The van der Waals surface area contributed by atoms with Crippen LogP contribution >= 0.6 is 0 Å². The van der Waals surface area contributed by atoms with Crippen LogP contribution in [0.5, 0.6) is 17.2 Å². The normalized spacial score (nSPS) is 19.0. The molecule has 0 bridgehead atoms. The fourth-order valence-electron chi connectivity index (χ4n) is 6.03. The fourth-order valence-corrected chi connectivity index (χ4v) is 6.03. The van der Waals surface area contributed by atoms with Crippen molar-refractivity contribution in [2.45, 2.75) is 44.6 Å². The minimum absolute atomic E-state index is 0.237. The number of likely N-dealkylation sites (tertiary alicyclic amines) is 1. The number of ether oxygens (including phenoxy) is 4. The molecule has 1 atom stereocenters. The van der Waals surface area contributed by atoms with Crippen LogP contribution in [0.15, 0.2) is 54.6 Å². The minimum atomic E-state index is -1.28. The zero-order valence-electron chi connectivity index (χ0n) is 23.9. The van der Waals surface area contributed by atoms with Crippen LogP contribution in [0.25, 0.3) is 11.0 Å². The topological polar surface area (TPSA) is 95.3 Å². The first-order chi connectivity index (χ1) is 20.3. The third kappa shape index (κ3) is 5.16. The van der Waals surface area contributed by atoms with E-state index in [9.17, 15) is 14.3 Å². The van der Waals surface area contributed by atoms with Crippen molar-refractivity contribution in [3.8, 4) is 17.2 Å². The number of rotatable bonds is 9. The van der Waals surface area contributed by atoms with Crippen LogP contribution in [0.4, 0.5) is 4.39 Å². The summed E-state index contributed by atoms with van der Waals surface area (Å²) in [6.07, 6.45) is 1.82. The molecule has 1 fully saturated rings. The predicted molar refractivity (Wildman–Crippen MR) is 154 cm³/mol. The van der Waals surface area contributed by atoms with Crippen molar-refractivity contribution in [2.24, 2.45) is 0 Å². The van der Waals surface area contributed by atoms with Gasteiger partial charge in [0.05, 0.1) is 42.4 Å². The van der Waals surface area contributed by atoms with E-state index in [1.54, 1.807) is 44.4 Å². The molecule has 0 aliphatic carbocycles. The molecule has 0 saturated carbocycles. The Kier molecular flexibility index (Phi) is 7.51. The largest absolute Gasteiger partial charge is 0.497 e. The van der Waals surface area contributed by atoms with Gasteiger partial charge in [-0.15, -0.1) is 0 Å². The van der Waals surface area contributed by atoms with E-state index >= 15 is 0 Å². The zero-order valence-corrected chi connectivity index (χ0v) is 23.9. The summed E-state index contributed by atoms with van der Waals surface area (Å²) < 4.78 is 40.1. The van der Waals surface area contributed by atoms with Crippen LogP contribution in [0.3, 0.4) is 0 Å². The van der Waals surface area contributed by atoms with Crippen molar-refractivity contribution in [2.75, 3.05) is 33.9 Å². The Hall–Kier alpha value is -4.15. The number of aromatic carboxylic acids is 1. The molecule has 1 aromatic heterocycles. The number of carboxylic acids is 1. The molecule has 42 heavy (non-hydrogen) atoms. The number of para-hydroxylation sites is 1. The van der Waals surface area contributed by atoms with Gasteiger partial charge in [0.15, 0.2) is 11.5 Å². The molecule has 0 radical (unpaired) electrons. The third-order valence-corrected chi connectivity index (χ3v) is 8.26. The summed E-state index contributed by atoms with van der Waals surface area (Å²) >= 11 is 0. The average Bonchev–Trinajstić information content (AvgIpc) is 3.52. The number of hydrogen-bond donors (Lipinski definition) is 1. The molecule has 3 heterocycles. The van der Waals surface area contributed by atoms with E-state index in [1.807, 2.05) is 12.1 Å². The van der Waals surface area contributed by atoms with Crippen molar-refractivity contribution < 1.29 is 33.2 Å². The SMILES string of the molecule is COCCn1c(CN2CCC(c3cccc4c3OC(C)(c3ccc(OC)cc3F)O4)CC2)nc2ccc(C(=O)O)cc21. The first-order valence-corrected chi connectivity index (χ1v) is 14.1. The van der Waals surface area contributed by atoms with Crippen LogP contribution in [0, 0.1) is 5.82 Å². The van der Waals surface area contributed by atoms with Gasteiger partial charge in [0.1, 0.15) is 17.4 Å². The maximum Gasteiger partial charge on any atom is 0.335 e. The standard InChI is InChI=1S/C32H34FN3O6/c1-32(24-9-8-22(40-3)18-25(24)33)41-28-6-4-5-23(30(28)42-32)20-11-13-35(14-12-20)19-29-34-26-10-7-21(31(37)38)17-27(26)36(29)15-16-39-2/h4-10,17-18,20H,11-16,19H2,1-3H3,(H,37,38). The highest BCUT2D eigenvalue weighted by atomic mass is 19.1. The first kappa shape index (κ1) is 28.0. The van der Waals surface area contributed by atoms with Crippen LogP contribution < -0.4 is 14.2 Å². The Labute approximate surface area is 243 Å². The minimum Gasteiger partial charge on any atom is -0.497 e. The molecule has 220 valence electrons. The van der Waals surface area contributed by atoms with E-state index < -0.39 is 17.6 Å². The highest BCUT2D eigenvalue weighted by Gasteiger charge is 2.43. The highest BCUT2D eigenvalue weighted by molar-refractivity contribution is 5.92. The Morgan fingerprint density at radius 2 is 1.93 bits per heavy atom. The molecule has 9 nitrogen and oxygen atoms in total. The van der Waals surface area contributed by atoms with Crippen molar-refractivity contribution >= 4 is 17.0 Å². The number of hydrogen-bond acceptors (Lipinski definition) is 7. The second-order valence-corrected chi connectivity index (χ2v) is 10.9. The quantitative estimate of drug-likeness (QED) is 0.278. The third-order valence-electron chi connectivity index (χ3n) is 8.26. The molecule has 1 saturated heterocycles. The molecule has 2 aliphatic heterocycles. The fraction of sp³-hybridized carbons (Fsp3) is 0.375. The number of methoxy groups -OCH3 is 2. The Bertz CT molecular complexity index is 1630. The van der Waals surface area contributed by atoms with Gasteiger partial charge in [-0.25, -0.2) is 14.2 Å². The predicted octanol–water partition coefficient (Wildman–Crippen LogP) is 5.55. The summed E-state index contributed by atoms with van der Waals surface area (Å²) in [4.78, 5) is 18.8. The summed E-state index contributed by atoms with van der Waals surface area (Å²) in [6, 6.07) is 15.6. The number of aromatic nitrogens is 2. The molecule has 4 aromatic rings. The van der Waals surface area contributed by atoms with Gasteiger partial charge in [-0.1, -0.05) is 12.1 Å². The van der Waals surface area contributed by atoms with E-state index in [-0.39, 0.29) is 11.5 Å². The van der Waals surface area contributed by atoms with E-state index in [0.717, 1.165) is 48.4 Å².